The normalized spacial score (nSPS) is 11.0. The number of rotatable bonds is 4. The third-order valence-corrected chi connectivity index (χ3v) is 4.56. The van der Waals surface area contributed by atoms with Gasteiger partial charge in [0.15, 0.2) is 0 Å². The van der Waals surface area contributed by atoms with Crippen molar-refractivity contribution < 1.29 is 13.3 Å². The summed E-state index contributed by atoms with van der Waals surface area (Å²) in [4.78, 5) is 10.1. The van der Waals surface area contributed by atoms with Gasteiger partial charge in [0.1, 0.15) is 0 Å². The molecule has 0 radical (unpaired) electrons. The van der Waals surface area contributed by atoms with Crippen molar-refractivity contribution in [2.45, 2.75) is 4.90 Å². The van der Waals surface area contributed by atoms with Crippen LogP contribution in [0.2, 0.25) is 0 Å². The second kappa shape index (κ2) is 5.26. The maximum atomic E-state index is 12.3. The Hall–Kier alpha value is -2.47. The molecular weight excluding hydrogens is 278 g/mol. The zero-order valence-corrected chi connectivity index (χ0v) is 11.2. The van der Waals surface area contributed by atoms with E-state index in [9.17, 15) is 18.5 Å². The fourth-order valence-corrected chi connectivity index (χ4v) is 2.91. The maximum Gasteiger partial charge on any atom is 0.269 e. The first-order chi connectivity index (χ1) is 9.43. The largest absolute Gasteiger partial charge is 0.269 e. The molecule has 0 aliphatic heterocycles. The molecule has 5 nitrogen and oxygen atoms in total. The minimum atomic E-state index is -3.69. The van der Waals surface area contributed by atoms with E-state index in [1.807, 2.05) is 0 Å². The van der Waals surface area contributed by atoms with E-state index in [4.69, 9.17) is 0 Å². The molecule has 0 amide bonds. The van der Waals surface area contributed by atoms with E-state index in [2.05, 4.69) is 6.58 Å². The molecule has 0 spiro atoms. The van der Waals surface area contributed by atoms with Crippen molar-refractivity contribution in [1.29, 1.82) is 0 Å². The highest BCUT2D eigenvalue weighted by Crippen LogP contribution is 2.27. The lowest BCUT2D eigenvalue weighted by Crippen LogP contribution is -2.03. The van der Waals surface area contributed by atoms with Crippen molar-refractivity contribution >= 4 is 20.4 Å². The lowest BCUT2D eigenvalue weighted by Gasteiger charge is -2.07. The number of nitro benzene ring substituents is 1. The molecule has 0 N–H and O–H groups in total. The number of nitrogens with zero attached hydrogens (tertiary/aromatic N) is 1. The lowest BCUT2D eigenvalue weighted by molar-refractivity contribution is -0.384. The van der Waals surface area contributed by atoms with Crippen molar-refractivity contribution in [2.24, 2.45) is 0 Å². The second-order valence-corrected chi connectivity index (χ2v) is 6.01. The first-order valence-electron chi connectivity index (χ1n) is 5.67. The van der Waals surface area contributed by atoms with Gasteiger partial charge in [0, 0.05) is 12.1 Å². The van der Waals surface area contributed by atoms with Gasteiger partial charge in [0.25, 0.3) is 5.69 Å². The first-order valence-corrected chi connectivity index (χ1v) is 7.15. The van der Waals surface area contributed by atoms with Crippen LogP contribution in [0.25, 0.3) is 4.91 Å². The summed E-state index contributed by atoms with van der Waals surface area (Å²) >= 11 is 0. The first kappa shape index (κ1) is 14.0. The molecule has 2 aromatic carbocycles. The molecule has 0 heterocycles. The molecule has 0 unspecified atom stereocenters. The molecule has 6 heteroatoms. The van der Waals surface area contributed by atoms with Crippen LogP contribution >= 0.6 is 0 Å². The quantitative estimate of drug-likeness (QED) is 0.640. The highest BCUT2D eigenvalue weighted by atomic mass is 32.2. The van der Waals surface area contributed by atoms with E-state index in [-0.39, 0.29) is 15.5 Å². The van der Waals surface area contributed by atoms with E-state index in [1.165, 1.54) is 36.4 Å². The topological polar surface area (TPSA) is 77.3 Å². The second-order valence-electron chi connectivity index (χ2n) is 4.04. The van der Waals surface area contributed by atoms with Gasteiger partial charge in [-0.15, -0.1) is 0 Å². The highest BCUT2D eigenvalue weighted by molar-refractivity contribution is 8.00. The summed E-state index contributed by atoms with van der Waals surface area (Å²) in [5, 5.41) is 10.6. The van der Waals surface area contributed by atoms with E-state index in [0.29, 0.717) is 5.56 Å². The van der Waals surface area contributed by atoms with Crippen LogP contribution in [0.4, 0.5) is 5.69 Å². The molecule has 0 fully saturated rings. The Bertz CT molecular complexity index is 750. The highest BCUT2D eigenvalue weighted by Gasteiger charge is 2.20. The zero-order chi connectivity index (χ0) is 14.8. The number of sulfone groups is 1. The van der Waals surface area contributed by atoms with Gasteiger partial charge in [-0.1, -0.05) is 24.8 Å². The monoisotopic (exact) mass is 289 g/mol. The Balaban J connectivity index is 2.39. The van der Waals surface area contributed by atoms with Crippen LogP contribution in [-0.4, -0.2) is 13.3 Å². The SMILES string of the molecule is C=C(c1ccc([N+](=O)[O-])cc1)S(=O)(=O)c1ccccc1. The molecule has 0 aromatic heterocycles. The maximum absolute atomic E-state index is 12.3. The Morgan fingerprint density at radius 2 is 1.55 bits per heavy atom. The summed E-state index contributed by atoms with van der Waals surface area (Å²) in [5.74, 6) is 0. The Morgan fingerprint density at radius 3 is 2.05 bits per heavy atom. The zero-order valence-electron chi connectivity index (χ0n) is 10.4. The van der Waals surface area contributed by atoms with Gasteiger partial charge in [-0.2, -0.15) is 0 Å². The van der Waals surface area contributed by atoms with E-state index >= 15 is 0 Å². The van der Waals surface area contributed by atoms with Crippen LogP contribution in [0.1, 0.15) is 5.56 Å². The van der Waals surface area contributed by atoms with Gasteiger partial charge in [0.05, 0.1) is 14.7 Å². The average Bonchev–Trinajstić information content (AvgIpc) is 2.47. The average molecular weight is 289 g/mol. The number of non-ortho nitro benzene ring substituents is 1. The summed E-state index contributed by atoms with van der Waals surface area (Å²) in [6.45, 7) is 3.59. The summed E-state index contributed by atoms with van der Waals surface area (Å²) in [6.07, 6.45) is 0. The fraction of sp³-hybridized carbons (Fsp3) is 0. The summed E-state index contributed by atoms with van der Waals surface area (Å²) < 4.78 is 24.6. The lowest BCUT2D eigenvalue weighted by atomic mass is 10.2. The molecule has 20 heavy (non-hydrogen) atoms. The van der Waals surface area contributed by atoms with Gasteiger partial charge in [-0.25, -0.2) is 8.42 Å². The number of nitro groups is 1. The molecule has 0 aliphatic carbocycles. The molecule has 2 aromatic rings. The number of benzene rings is 2. The van der Waals surface area contributed by atoms with Gasteiger partial charge >= 0.3 is 0 Å². The molecule has 0 aliphatic rings. The molecule has 0 bridgehead atoms. The molecule has 0 atom stereocenters. The van der Waals surface area contributed by atoms with E-state index < -0.39 is 14.8 Å². The van der Waals surface area contributed by atoms with Crippen molar-refractivity contribution in [2.75, 3.05) is 0 Å². The van der Waals surface area contributed by atoms with Gasteiger partial charge in [-0.3, -0.25) is 10.1 Å². The van der Waals surface area contributed by atoms with Crippen LogP contribution in [0.15, 0.2) is 66.1 Å². The molecule has 0 saturated carbocycles. The number of hydrogen-bond donors (Lipinski definition) is 0. The smallest absolute Gasteiger partial charge is 0.258 e. The molecule has 102 valence electrons. The molecule has 0 saturated heterocycles. The van der Waals surface area contributed by atoms with Crippen LogP contribution in [0, 0.1) is 10.1 Å². The van der Waals surface area contributed by atoms with Crippen LogP contribution in [0.5, 0.6) is 0 Å². The van der Waals surface area contributed by atoms with Gasteiger partial charge in [0.2, 0.25) is 9.84 Å². The van der Waals surface area contributed by atoms with Crippen molar-refractivity contribution in [1.82, 2.24) is 0 Å². The Kier molecular flexibility index (Phi) is 3.67. The van der Waals surface area contributed by atoms with Crippen molar-refractivity contribution in [3.05, 3.63) is 76.9 Å². The molecule has 2 rings (SSSR count). The minimum absolute atomic E-state index is 0.0846. The fourth-order valence-electron chi connectivity index (χ4n) is 1.67. The summed E-state index contributed by atoms with van der Waals surface area (Å²) in [6, 6.07) is 13.2. The van der Waals surface area contributed by atoms with E-state index in [0.717, 1.165) is 0 Å². The Labute approximate surface area is 116 Å². The van der Waals surface area contributed by atoms with Gasteiger partial charge < -0.3 is 0 Å². The third kappa shape index (κ3) is 2.60. The Morgan fingerprint density at radius 1 is 1.00 bits per heavy atom. The number of hydrogen-bond acceptors (Lipinski definition) is 4. The van der Waals surface area contributed by atoms with Crippen LogP contribution in [-0.2, 0) is 9.84 Å². The predicted octanol–water partition coefficient (Wildman–Crippen LogP) is 3.04. The minimum Gasteiger partial charge on any atom is -0.258 e. The van der Waals surface area contributed by atoms with Crippen LogP contribution in [0.3, 0.4) is 0 Å². The van der Waals surface area contributed by atoms with Crippen molar-refractivity contribution in [3.63, 3.8) is 0 Å². The van der Waals surface area contributed by atoms with E-state index in [1.54, 1.807) is 18.2 Å². The molecular formula is C14H11NO4S. The van der Waals surface area contributed by atoms with Gasteiger partial charge in [-0.05, 0) is 29.8 Å². The van der Waals surface area contributed by atoms with Crippen molar-refractivity contribution in [3.8, 4) is 0 Å². The summed E-state index contributed by atoms with van der Waals surface area (Å²) in [7, 11) is -3.69. The standard InChI is InChI=1S/C14H11NO4S/c1-11(12-7-9-13(10-8-12)15(16)17)20(18,19)14-5-3-2-4-6-14/h2-10H,1H2. The summed E-state index contributed by atoms with van der Waals surface area (Å²) in [5.41, 5.74) is 0.234. The predicted molar refractivity (Wildman–Crippen MR) is 75.8 cm³/mol. The third-order valence-electron chi connectivity index (χ3n) is 2.78. The van der Waals surface area contributed by atoms with Crippen LogP contribution < -0.4 is 0 Å².